The molecule has 1 unspecified atom stereocenters. The van der Waals surface area contributed by atoms with Gasteiger partial charge in [0.2, 0.25) is 11.8 Å². The van der Waals surface area contributed by atoms with Crippen molar-refractivity contribution in [1.82, 2.24) is 16.0 Å². The Bertz CT molecular complexity index is 476. The van der Waals surface area contributed by atoms with Crippen LogP contribution in [0.2, 0.25) is 0 Å². The van der Waals surface area contributed by atoms with E-state index in [1.165, 1.54) is 5.56 Å². The summed E-state index contributed by atoms with van der Waals surface area (Å²) in [7, 11) is 0. The van der Waals surface area contributed by atoms with Crippen molar-refractivity contribution in [3.05, 3.63) is 35.9 Å². The van der Waals surface area contributed by atoms with Gasteiger partial charge in [0.15, 0.2) is 0 Å². The third kappa shape index (κ3) is 6.49. The molecule has 0 spiro atoms. The van der Waals surface area contributed by atoms with Crippen LogP contribution < -0.4 is 16.0 Å². The summed E-state index contributed by atoms with van der Waals surface area (Å²) >= 11 is 1.86. The lowest BCUT2D eigenvalue weighted by Crippen LogP contribution is -2.43. The second-order valence-corrected chi connectivity index (χ2v) is 6.44. The molecule has 0 saturated carbocycles. The summed E-state index contributed by atoms with van der Waals surface area (Å²) in [4.78, 5) is 23.5. The molecule has 3 N–H and O–H groups in total. The number of carbonyl (C=O) groups is 2. The number of carbonyl (C=O) groups excluding carboxylic acids is 2. The van der Waals surface area contributed by atoms with Crippen molar-refractivity contribution in [2.45, 2.75) is 18.9 Å². The van der Waals surface area contributed by atoms with Gasteiger partial charge in [0, 0.05) is 37.1 Å². The van der Waals surface area contributed by atoms with Gasteiger partial charge in [-0.25, -0.2) is 0 Å². The van der Waals surface area contributed by atoms with Crippen LogP contribution >= 0.6 is 11.8 Å². The van der Waals surface area contributed by atoms with Crippen LogP contribution in [0.15, 0.2) is 30.3 Å². The molecule has 22 heavy (non-hydrogen) atoms. The maximum Gasteiger partial charge on any atom is 0.239 e. The predicted molar refractivity (Wildman–Crippen MR) is 89.9 cm³/mol. The molecule has 1 atom stereocenters. The number of amides is 2. The van der Waals surface area contributed by atoms with E-state index >= 15 is 0 Å². The second-order valence-electron chi connectivity index (χ2n) is 5.29. The second kappa shape index (κ2) is 9.48. The smallest absolute Gasteiger partial charge is 0.239 e. The van der Waals surface area contributed by atoms with Crippen LogP contribution in [0.4, 0.5) is 0 Å². The van der Waals surface area contributed by atoms with E-state index in [2.05, 4.69) is 16.0 Å². The van der Waals surface area contributed by atoms with Gasteiger partial charge in [-0.15, -0.1) is 0 Å². The van der Waals surface area contributed by atoms with Crippen molar-refractivity contribution < 1.29 is 9.59 Å². The van der Waals surface area contributed by atoms with E-state index in [4.69, 9.17) is 0 Å². The number of benzene rings is 1. The quantitative estimate of drug-likeness (QED) is 0.686. The highest BCUT2D eigenvalue weighted by Gasteiger charge is 2.16. The highest BCUT2D eigenvalue weighted by Crippen LogP contribution is 2.09. The van der Waals surface area contributed by atoms with E-state index in [0.717, 1.165) is 24.5 Å². The van der Waals surface area contributed by atoms with Gasteiger partial charge < -0.3 is 16.0 Å². The molecular formula is C16H23N3O2S. The van der Waals surface area contributed by atoms with Crippen LogP contribution in [0, 0.1) is 0 Å². The van der Waals surface area contributed by atoms with E-state index in [1.807, 2.05) is 42.1 Å². The van der Waals surface area contributed by atoms with Gasteiger partial charge in [-0.1, -0.05) is 30.3 Å². The molecule has 2 amide bonds. The molecule has 0 aromatic heterocycles. The Morgan fingerprint density at radius 3 is 2.73 bits per heavy atom. The standard InChI is InChI=1S/C16H23N3O2S/c20-15(10-14-12-22-9-8-17-14)19-11-16(21)18-7-6-13-4-2-1-3-5-13/h1-5,14,17H,6-12H2,(H,18,21)(H,19,20). The Labute approximate surface area is 135 Å². The Kier molecular flexibility index (Phi) is 7.25. The number of hydrogen-bond donors (Lipinski definition) is 3. The van der Waals surface area contributed by atoms with Crippen molar-refractivity contribution in [2.24, 2.45) is 0 Å². The maximum atomic E-state index is 11.8. The summed E-state index contributed by atoms with van der Waals surface area (Å²) in [5.74, 6) is 1.84. The summed E-state index contributed by atoms with van der Waals surface area (Å²) in [6.45, 7) is 1.58. The Morgan fingerprint density at radius 1 is 1.18 bits per heavy atom. The monoisotopic (exact) mass is 321 g/mol. The largest absolute Gasteiger partial charge is 0.354 e. The molecule has 5 nitrogen and oxygen atoms in total. The van der Waals surface area contributed by atoms with Crippen molar-refractivity contribution >= 4 is 23.6 Å². The van der Waals surface area contributed by atoms with Crippen molar-refractivity contribution in [3.63, 3.8) is 0 Å². The van der Waals surface area contributed by atoms with Gasteiger partial charge in [-0.3, -0.25) is 9.59 Å². The molecular weight excluding hydrogens is 298 g/mol. The zero-order valence-corrected chi connectivity index (χ0v) is 13.5. The van der Waals surface area contributed by atoms with Crippen molar-refractivity contribution in [1.29, 1.82) is 0 Å². The summed E-state index contributed by atoms with van der Waals surface area (Å²) in [6.07, 6.45) is 1.23. The fourth-order valence-corrected chi connectivity index (χ4v) is 3.23. The topological polar surface area (TPSA) is 70.2 Å². The first kappa shape index (κ1) is 16.8. The Morgan fingerprint density at radius 2 is 2.00 bits per heavy atom. The average molecular weight is 321 g/mol. The molecule has 1 aromatic carbocycles. The fourth-order valence-electron chi connectivity index (χ4n) is 2.28. The van der Waals surface area contributed by atoms with Gasteiger partial charge in [0.25, 0.3) is 0 Å². The average Bonchev–Trinajstić information content (AvgIpc) is 2.55. The summed E-state index contributed by atoms with van der Waals surface area (Å²) < 4.78 is 0. The first-order valence-corrected chi connectivity index (χ1v) is 8.78. The van der Waals surface area contributed by atoms with E-state index in [0.29, 0.717) is 13.0 Å². The molecule has 1 fully saturated rings. The zero-order valence-electron chi connectivity index (χ0n) is 12.6. The number of hydrogen-bond acceptors (Lipinski definition) is 4. The van der Waals surface area contributed by atoms with Crippen LogP contribution in [-0.4, -0.2) is 49.0 Å². The molecule has 0 bridgehead atoms. The van der Waals surface area contributed by atoms with Gasteiger partial charge in [0.05, 0.1) is 6.54 Å². The number of nitrogens with one attached hydrogen (secondary N) is 3. The molecule has 1 heterocycles. The molecule has 0 aliphatic carbocycles. The normalized spacial score (nSPS) is 17.7. The van der Waals surface area contributed by atoms with E-state index < -0.39 is 0 Å². The third-order valence-electron chi connectivity index (χ3n) is 3.46. The van der Waals surface area contributed by atoms with Crippen molar-refractivity contribution in [2.75, 3.05) is 31.1 Å². The molecule has 1 aromatic rings. The van der Waals surface area contributed by atoms with Gasteiger partial charge >= 0.3 is 0 Å². The minimum absolute atomic E-state index is 0.0491. The van der Waals surface area contributed by atoms with E-state index in [9.17, 15) is 9.59 Å². The lowest BCUT2D eigenvalue weighted by Gasteiger charge is -2.22. The SMILES string of the molecule is O=C(CNC(=O)CC1CSCCN1)NCCc1ccccc1. The zero-order chi connectivity index (χ0) is 15.6. The van der Waals surface area contributed by atoms with Crippen LogP contribution in [0.25, 0.3) is 0 Å². The Balaban J connectivity index is 1.56. The molecule has 6 heteroatoms. The summed E-state index contributed by atoms with van der Waals surface area (Å²) in [6, 6.07) is 10.2. The summed E-state index contributed by atoms with van der Waals surface area (Å²) in [5, 5.41) is 8.80. The van der Waals surface area contributed by atoms with E-state index in [1.54, 1.807) is 0 Å². The lowest BCUT2D eigenvalue weighted by atomic mass is 10.1. The van der Waals surface area contributed by atoms with Crippen LogP contribution in [0.3, 0.4) is 0 Å². The Hall–Kier alpha value is -1.53. The fraction of sp³-hybridized carbons (Fsp3) is 0.500. The van der Waals surface area contributed by atoms with Gasteiger partial charge in [0.1, 0.15) is 0 Å². The first-order chi connectivity index (χ1) is 10.7. The molecule has 1 aliphatic heterocycles. The van der Waals surface area contributed by atoms with Crippen LogP contribution in [0.1, 0.15) is 12.0 Å². The molecule has 1 saturated heterocycles. The van der Waals surface area contributed by atoms with Crippen LogP contribution in [-0.2, 0) is 16.0 Å². The predicted octanol–water partition coefficient (Wildman–Crippen LogP) is 0.557. The maximum absolute atomic E-state index is 11.8. The summed E-state index contributed by atoms with van der Waals surface area (Å²) in [5.41, 5.74) is 1.19. The highest BCUT2D eigenvalue weighted by atomic mass is 32.2. The third-order valence-corrected chi connectivity index (χ3v) is 4.59. The van der Waals surface area contributed by atoms with Gasteiger partial charge in [-0.05, 0) is 12.0 Å². The first-order valence-electron chi connectivity index (χ1n) is 7.62. The molecule has 1 aliphatic rings. The van der Waals surface area contributed by atoms with Crippen LogP contribution in [0.5, 0.6) is 0 Å². The lowest BCUT2D eigenvalue weighted by molar-refractivity contribution is -0.126. The minimum Gasteiger partial charge on any atom is -0.354 e. The van der Waals surface area contributed by atoms with Crippen molar-refractivity contribution in [3.8, 4) is 0 Å². The number of rotatable bonds is 7. The minimum atomic E-state index is -0.143. The van der Waals surface area contributed by atoms with Gasteiger partial charge in [-0.2, -0.15) is 11.8 Å². The number of thioether (sulfide) groups is 1. The van der Waals surface area contributed by atoms with E-state index in [-0.39, 0.29) is 24.4 Å². The molecule has 0 radical (unpaired) electrons. The molecule has 120 valence electrons. The highest BCUT2D eigenvalue weighted by molar-refractivity contribution is 7.99. The molecule has 2 rings (SSSR count).